The Kier molecular flexibility index (Phi) is 5.13. The first-order valence-corrected chi connectivity index (χ1v) is 8.80. The standard InChI is InChI=1S/C11H14INO5S/c1-11(6-7-12,19(2,16)17)10(15)18-13-8-4-3-5-9(13)14/h3-5,8H,6-7H2,1-2H3/t11-/m1/s1. The lowest BCUT2D eigenvalue weighted by Crippen LogP contribution is -2.49. The predicted molar refractivity (Wildman–Crippen MR) is 79.0 cm³/mol. The van der Waals surface area contributed by atoms with Crippen LogP contribution >= 0.6 is 22.6 Å². The molecule has 0 saturated carbocycles. The molecule has 0 aromatic carbocycles. The molecule has 1 rings (SSSR count). The Hall–Kier alpha value is -0.900. The second kappa shape index (κ2) is 6.04. The lowest BCUT2D eigenvalue weighted by atomic mass is 10.1. The van der Waals surface area contributed by atoms with Gasteiger partial charge < -0.3 is 4.84 Å². The summed E-state index contributed by atoms with van der Waals surface area (Å²) in [6.45, 7) is 1.30. The number of nitrogens with zero attached hydrogens (tertiary/aromatic N) is 1. The molecule has 0 bridgehead atoms. The van der Waals surface area contributed by atoms with Gasteiger partial charge >= 0.3 is 5.97 Å². The second-order valence-corrected chi connectivity index (χ2v) is 7.71. The van der Waals surface area contributed by atoms with Crippen LogP contribution in [0, 0.1) is 0 Å². The molecule has 8 heteroatoms. The Morgan fingerprint density at radius 3 is 2.58 bits per heavy atom. The van der Waals surface area contributed by atoms with Crippen LogP contribution in [0.4, 0.5) is 0 Å². The number of alkyl halides is 1. The molecule has 6 nitrogen and oxygen atoms in total. The van der Waals surface area contributed by atoms with Crippen molar-refractivity contribution in [1.82, 2.24) is 4.73 Å². The van der Waals surface area contributed by atoms with Crippen molar-refractivity contribution in [3.63, 3.8) is 0 Å². The molecule has 19 heavy (non-hydrogen) atoms. The van der Waals surface area contributed by atoms with Gasteiger partial charge in [-0.05, 0) is 19.4 Å². The van der Waals surface area contributed by atoms with Gasteiger partial charge in [0.1, 0.15) is 0 Å². The largest absolute Gasteiger partial charge is 0.353 e. The predicted octanol–water partition coefficient (Wildman–Crippen LogP) is 0.432. The van der Waals surface area contributed by atoms with Crippen LogP contribution in [-0.2, 0) is 14.6 Å². The minimum absolute atomic E-state index is 0.118. The molecule has 0 N–H and O–H groups in total. The molecule has 0 amide bonds. The summed E-state index contributed by atoms with van der Waals surface area (Å²) in [5.74, 6) is -0.958. The van der Waals surface area contributed by atoms with Crippen LogP contribution in [0.3, 0.4) is 0 Å². The summed E-state index contributed by atoms with van der Waals surface area (Å²) in [5.41, 5.74) is -0.541. The fourth-order valence-corrected chi connectivity index (χ4v) is 3.55. The van der Waals surface area contributed by atoms with E-state index in [9.17, 15) is 18.0 Å². The molecule has 0 radical (unpaired) electrons. The zero-order chi connectivity index (χ0) is 14.7. The third-order valence-electron chi connectivity index (χ3n) is 2.79. The lowest BCUT2D eigenvalue weighted by Gasteiger charge is -2.24. The van der Waals surface area contributed by atoms with Crippen LogP contribution in [0.15, 0.2) is 29.2 Å². The summed E-state index contributed by atoms with van der Waals surface area (Å²) < 4.78 is 23.1. The number of aromatic nitrogens is 1. The van der Waals surface area contributed by atoms with E-state index >= 15 is 0 Å². The van der Waals surface area contributed by atoms with Gasteiger partial charge in [0, 0.05) is 22.9 Å². The monoisotopic (exact) mass is 399 g/mol. The number of pyridine rings is 1. The molecule has 0 fully saturated rings. The van der Waals surface area contributed by atoms with Crippen molar-refractivity contribution in [2.75, 3.05) is 10.7 Å². The Morgan fingerprint density at radius 1 is 1.47 bits per heavy atom. The van der Waals surface area contributed by atoms with Gasteiger partial charge in [0.15, 0.2) is 14.6 Å². The van der Waals surface area contributed by atoms with Crippen molar-refractivity contribution in [1.29, 1.82) is 0 Å². The summed E-state index contributed by atoms with van der Waals surface area (Å²) in [7, 11) is -3.65. The van der Waals surface area contributed by atoms with Crippen molar-refractivity contribution in [3.8, 4) is 0 Å². The Morgan fingerprint density at radius 2 is 2.11 bits per heavy atom. The van der Waals surface area contributed by atoms with Gasteiger partial charge in [-0.25, -0.2) is 13.2 Å². The molecular weight excluding hydrogens is 385 g/mol. The number of carbonyl (C=O) groups is 1. The highest BCUT2D eigenvalue weighted by atomic mass is 127. The zero-order valence-corrected chi connectivity index (χ0v) is 13.5. The minimum atomic E-state index is -3.65. The SMILES string of the molecule is C[C@@](CCI)(C(=O)On1ccccc1=O)S(C)(=O)=O. The van der Waals surface area contributed by atoms with Crippen LogP contribution in [0.5, 0.6) is 0 Å². The molecule has 0 aliphatic carbocycles. The maximum absolute atomic E-state index is 12.1. The van der Waals surface area contributed by atoms with E-state index in [1.54, 1.807) is 0 Å². The number of hydrogen-bond donors (Lipinski definition) is 0. The van der Waals surface area contributed by atoms with Crippen molar-refractivity contribution < 1.29 is 18.0 Å². The Labute approximate surface area is 124 Å². The maximum atomic E-state index is 12.1. The third-order valence-corrected chi connectivity index (χ3v) is 5.34. The molecule has 106 valence electrons. The molecule has 0 saturated heterocycles. The smallest absolute Gasteiger partial charge is 0.332 e. The molecule has 0 spiro atoms. The average Bonchev–Trinajstić information content (AvgIpc) is 2.30. The van der Waals surface area contributed by atoms with E-state index in [2.05, 4.69) is 0 Å². The first-order chi connectivity index (χ1) is 8.72. The van der Waals surface area contributed by atoms with Crippen molar-refractivity contribution >= 4 is 38.4 Å². The highest BCUT2D eigenvalue weighted by molar-refractivity contribution is 14.1. The van der Waals surface area contributed by atoms with E-state index in [1.807, 2.05) is 22.6 Å². The van der Waals surface area contributed by atoms with Gasteiger partial charge in [0.25, 0.3) is 5.56 Å². The van der Waals surface area contributed by atoms with Crippen LogP contribution in [0.25, 0.3) is 0 Å². The van der Waals surface area contributed by atoms with Crippen LogP contribution < -0.4 is 10.4 Å². The Balaban J connectivity index is 3.11. The molecular formula is C11H14INO5S. The van der Waals surface area contributed by atoms with Crippen molar-refractivity contribution in [3.05, 3.63) is 34.7 Å². The van der Waals surface area contributed by atoms with Crippen molar-refractivity contribution in [2.24, 2.45) is 0 Å². The van der Waals surface area contributed by atoms with Gasteiger partial charge in [-0.1, -0.05) is 28.7 Å². The summed E-state index contributed by atoms with van der Waals surface area (Å²) >= 11 is 1.98. The molecule has 0 aliphatic heterocycles. The molecule has 0 unspecified atom stereocenters. The average molecular weight is 399 g/mol. The molecule has 1 aromatic rings. The summed E-state index contributed by atoms with van der Waals surface area (Å²) in [6.07, 6.45) is 2.36. The molecule has 1 heterocycles. The van der Waals surface area contributed by atoms with Gasteiger partial charge in [0.2, 0.25) is 0 Å². The summed E-state index contributed by atoms with van der Waals surface area (Å²) in [4.78, 5) is 28.4. The van der Waals surface area contributed by atoms with Gasteiger partial charge in [-0.2, -0.15) is 0 Å². The normalized spacial score (nSPS) is 14.7. The number of rotatable bonds is 5. The number of halogens is 1. The van der Waals surface area contributed by atoms with E-state index in [1.165, 1.54) is 31.3 Å². The number of hydrogen-bond acceptors (Lipinski definition) is 5. The van der Waals surface area contributed by atoms with Gasteiger partial charge in [-0.15, -0.1) is 4.73 Å². The molecule has 1 atom stereocenters. The quantitative estimate of drug-likeness (QED) is 0.530. The lowest BCUT2D eigenvalue weighted by molar-refractivity contribution is -0.147. The van der Waals surface area contributed by atoms with E-state index in [0.29, 0.717) is 4.43 Å². The Bertz CT molecular complexity index is 624. The number of carbonyl (C=O) groups excluding carboxylic acids is 1. The van der Waals surface area contributed by atoms with Crippen LogP contribution in [-0.4, -0.2) is 34.5 Å². The second-order valence-electron chi connectivity index (χ2n) is 4.19. The zero-order valence-electron chi connectivity index (χ0n) is 10.5. The van der Waals surface area contributed by atoms with Gasteiger partial charge in [0.05, 0.1) is 0 Å². The highest BCUT2D eigenvalue weighted by Gasteiger charge is 2.45. The van der Waals surface area contributed by atoms with Crippen LogP contribution in [0.1, 0.15) is 13.3 Å². The first-order valence-electron chi connectivity index (χ1n) is 5.38. The minimum Gasteiger partial charge on any atom is -0.332 e. The van der Waals surface area contributed by atoms with E-state index in [-0.39, 0.29) is 6.42 Å². The highest BCUT2D eigenvalue weighted by Crippen LogP contribution is 2.22. The fourth-order valence-electron chi connectivity index (χ4n) is 1.29. The van der Waals surface area contributed by atoms with E-state index in [4.69, 9.17) is 4.84 Å². The molecule has 0 aliphatic rings. The number of sulfone groups is 1. The third kappa shape index (κ3) is 3.56. The summed E-state index contributed by atoms with van der Waals surface area (Å²) in [6, 6.07) is 4.21. The van der Waals surface area contributed by atoms with Crippen molar-refractivity contribution in [2.45, 2.75) is 18.1 Å². The molecule has 1 aromatic heterocycles. The maximum Gasteiger partial charge on any atom is 0.353 e. The summed E-state index contributed by atoms with van der Waals surface area (Å²) in [5, 5.41) is 0. The van der Waals surface area contributed by atoms with Crippen LogP contribution in [0.2, 0.25) is 0 Å². The first kappa shape index (κ1) is 16.2. The van der Waals surface area contributed by atoms with E-state index in [0.717, 1.165) is 11.0 Å². The fraction of sp³-hybridized carbons (Fsp3) is 0.455. The van der Waals surface area contributed by atoms with E-state index < -0.39 is 26.1 Å². The topological polar surface area (TPSA) is 82.4 Å². The van der Waals surface area contributed by atoms with Gasteiger partial charge in [-0.3, -0.25) is 4.79 Å².